The van der Waals surface area contributed by atoms with Gasteiger partial charge in [-0.15, -0.1) is 0 Å². The number of nitrogen functional groups attached to an aromatic ring is 1. The van der Waals surface area contributed by atoms with Gasteiger partial charge in [0, 0.05) is 32.3 Å². The summed E-state index contributed by atoms with van der Waals surface area (Å²) in [5.41, 5.74) is 5.53. The highest BCUT2D eigenvalue weighted by Gasteiger charge is 2.26. The Morgan fingerprint density at radius 1 is 1.61 bits per heavy atom. The van der Waals surface area contributed by atoms with Crippen molar-refractivity contribution in [2.45, 2.75) is 23.8 Å². The number of nitrogens with zero attached hydrogens (tertiary/aromatic N) is 2. The van der Waals surface area contributed by atoms with E-state index in [1.54, 1.807) is 7.05 Å². The van der Waals surface area contributed by atoms with Crippen LogP contribution in [0.1, 0.15) is 12.8 Å². The van der Waals surface area contributed by atoms with E-state index in [1.807, 2.05) is 0 Å². The molecular formula is C9H15N5O3S. The van der Waals surface area contributed by atoms with Crippen molar-refractivity contribution in [2.75, 3.05) is 12.3 Å². The molecule has 0 radical (unpaired) electrons. The lowest BCUT2D eigenvalue weighted by molar-refractivity contribution is -0.122. The molecule has 100 valence electrons. The number of amides is 1. The Kier molecular flexibility index (Phi) is 3.26. The van der Waals surface area contributed by atoms with Gasteiger partial charge >= 0.3 is 0 Å². The van der Waals surface area contributed by atoms with Crippen molar-refractivity contribution in [1.29, 1.82) is 0 Å². The number of hydrogen-bond acceptors (Lipinski definition) is 5. The summed E-state index contributed by atoms with van der Waals surface area (Å²) >= 11 is 0. The van der Waals surface area contributed by atoms with Crippen molar-refractivity contribution in [3.05, 3.63) is 6.20 Å². The number of nitrogens with one attached hydrogen (secondary N) is 2. The quantitative estimate of drug-likeness (QED) is 0.623. The van der Waals surface area contributed by atoms with Crippen LogP contribution in [0.2, 0.25) is 0 Å². The van der Waals surface area contributed by atoms with Gasteiger partial charge in [0.05, 0.1) is 0 Å². The average Bonchev–Trinajstić information content (AvgIpc) is 2.62. The van der Waals surface area contributed by atoms with Crippen LogP contribution in [0.15, 0.2) is 11.1 Å². The molecule has 1 unspecified atom stereocenters. The summed E-state index contributed by atoms with van der Waals surface area (Å²) in [5.74, 6) is -0.101. The Labute approximate surface area is 105 Å². The van der Waals surface area contributed by atoms with Crippen molar-refractivity contribution < 1.29 is 13.2 Å². The molecule has 2 heterocycles. The monoisotopic (exact) mass is 273 g/mol. The van der Waals surface area contributed by atoms with Crippen LogP contribution < -0.4 is 15.8 Å². The van der Waals surface area contributed by atoms with Crippen LogP contribution in [0.3, 0.4) is 0 Å². The second-order valence-electron chi connectivity index (χ2n) is 4.21. The van der Waals surface area contributed by atoms with E-state index in [9.17, 15) is 13.2 Å². The van der Waals surface area contributed by atoms with Gasteiger partial charge in [0.2, 0.25) is 15.9 Å². The molecule has 2 rings (SSSR count). The van der Waals surface area contributed by atoms with Gasteiger partial charge in [-0.3, -0.25) is 9.48 Å². The number of nitrogens with two attached hydrogens (primary N) is 1. The average molecular weight is 273 g/mol. The molecule has 0 spiro atoms. The molecule has 1 aliphatic rings. The predicted molar refractivity (Wildman–Crippen MR) is 64.0 cm³/mol. The Morgan fingerprint density at radius 2 is 2.33 bits per heavy atom. The summed E-state index contributed by atoms with van der Waals surface area (Å²) in [7, 11) is -2.10. The summed E-state index contributed by atoms with van der Waals surface area (Å²) in [6.07, 6.45) is 2.14. The lowest BCUT2D eigenvalue weighted by Crippen LogP contribution is -2.47. The number of carbonyl (C=O) groups excluding carboxylic acids is 1. The maximum absolute atomic E-state index is 12.1. The van der Waals surface area contributed by atoms with E-state index in [4.69, 9.17) is 5.73 Å². The summed E-state index contributed by atoms with van der Waals surface area (Å²) in [5, 5.41) is 6.40. The third-order valence-corrected chi connectivity index (χ3v) is 4.24. The molecular weight excluding hydrogens is 258 g/mol. The second kappa shape index (κ2) is 4.58. The number of sulfonamides is 1. The van der Waals surface area contributed by atoms with E-state index in [2.05, 4.69) is 15.1 Å². The number of aromatic nitrogens is 2. The maximum atomic E-state index is 12.1. The summed E-state index contributed by atoms with van der Waals surface area (Å²) in [4.78, 5) is 10.9. The molecule has 1 aromatic heterocycles. The Morgan fingerprint density at radius 3 is 2.83 bits per heavy atom. The van der Waals surface area contributed by atoms with E-state index in [-0.39, 0.29) is 29.2 Å². The largest absolute Gasteiger partial charge is 0.381 e. The molecule has 8 nitrogen and oxygen atoms in total. The first-order valence-corrected chi connectivity index (χ1v) is 6.95. The number of carbonyl (C=O) groups is 1. The first-order chi connectivity index (χ1) is 8.38. The van der Waals surface area contributed by atoms with E-state index in [0.717, 1.165) is 0 Å². The van der Waals surface area contributed by atoms with E-state index in [1.165, 1.54) is 10.9 Å². The highest BCUT2D eigenvalue weighted by atomic mass is 32.2. The minimum absolute atomic E-state index is 0.0372. The molecule has 4 N–H and O–H groups in total. The molecule has 0 saturated carbocycles. The van der Waals surface area contributed by atoms with Crippen LogP contribution >= 0.6 is 0 Å². The van der Waals surface area contributed by atoms with Gasteiger partial charge in [0.1, 0.15) is 4.90 Å². The van der Waals surface area contributed by atoms with Crippen LogP contribution in [0.25, 0.3) is 0 Å². The molecule has 0 aliphatic carbocycles. The van der Waals surface area contributed by atoms with Gasteiger partial charge in [-0.1, -0.05) is 0 Å². The van der Waals surface area contributed by atoms with E-state index >= 15 is 0 Å². The normalized spacial score (nSPS) is 20.7. The molecule has 1 atom stereocenters. The van der Waals surface area contributed by atoms with Crippen molar-refractivity contribution in [1.82, 2.24) is 19.8 Å². The second-order valence-corrected chi connectivity index (χ2v) is 5.90. The highest BCUT2D eigenvalue weighted by molar-refractivity contribution is 7.89. The minimum Gasteiger partial charge on any atom is -0.381 e. The molecule has 9 heteroatoms. The van der Waals surface area contributed by atoms with Crippen LogP contribution in [-0.4, -0.2) is 36.7 Å². The zero-order chi connectivity index (χ0) is 13.3. The van der Waals surface area contributed by atoms with E-state index in [0.29, 0.717) is 12.8 Å². The summed E-state index contributed by atoms with van der Waals surface area (Å²) in [6.45, 7) is 0.290. The Bertz CT molecular complexity index is 555. The smallest absolute Gasteiger partial charge is 0.246 e. The minimum atomic E-state index is -3.70. The van der Waals surface area contributed by atoms with Gasteiger partial charge in [0.25, 0.3) is 0 Å². The standard InChI is InChI=1S/C9H15N5O3S/c1-14-5-7(9(10)12-14)18(16,17)13-6-2-3-8(15)11-4-6/h5-6,13H,2-4H2,1H3,(H2,10,12)(H,11,15). The molecule has 0 bridgehead atoms. The van der Waals surface area contributed by atoms with Crippen molar-refractivity contribution in [2.24, 2.45) is 7.05 Å². The fraction of sp³-hybridized carbons (Fsp3) is 0.556. The van der Waals surface area contributed by atoms with E-state index < -0.39 is 10.0 Å². The molecule has 1 saturated heterocycles. The van der Waals surface area contributed by atoms with Gasteiger partial charge in [0.15, 0.2) is 5.82 Å². The maximum Gasteiger partial charge on any atom is 0.246 e. The topological polar surface area (TPSA) is 119 Å². The first kappa shape index (κ1) is 12.8. The van der Waals surface area contributed by atoms with Crippen molar-refractivity contribution >= 4 is 21.7 Å². The predicted octanol–water partition coefficient (Wildman–Crippen LogP) is -1.44. The van der Waals surface area contributed by atoms with Gasteiger partial charge in [-0.2, -0.15) is 5.10 Å². The first-order valence-electron chi connectivity index (χ1n) is 5.46. The number of rotatable bonds is 3. The zero-order valence-electron chi connectivity index (χ0n) is 9.88. The number of anilines is 1. The Hall–Kier alpha value is -1.61. The lowest BCUT2D eigenvalue weighted by Gasteiger charge is -2.22. The SMILES string of the molecule is Cn1cc(S(=O)(=O)NC2CCC(=O)NC2)c(N)n1. The molecule has 1 fully saturated rings. The number of hydrogen-bond donors (Lipinski definition) is 3. The van der Waals surface area contributed by atoms with Gasteiger partial charge in [-0.25, -0.2) is 13.1 Å². The van der Waals surface area contributed by atoms with Crippen molar-refractivity contribution in [3.63, 3.8) is 0 Å². The third kappa shape index (κ3) is 2.62. The lowest BCUT2D eigenvalue weighted by atomic mass is 10.1. The highest BCUT2D eigenvalue weighted by Crippen LogP contribution is 2.16. The van der Waals surface area contributed by atoms with Gasteiger partial charge in [-0.05, 0) is 6.42 Å². The molecule has 1 aromatic rings. The Balaban J connectivity index is 2.12. The van der Waals surface area contributed by atoms with Crippen LogP contribution in [0.5, 0.6) is 0 Å². The van der Waals surface area contributed by atoms with Crippen LogP contribution in [-0.2, 0) is 21.9 Å². The summed E-state index contributed by atoms with van der Waals surface area (Å²) < 4.78 is 28.0. The molecule has 0 aromatic carbocycles. The fourth-order valence-corrected chi connectivity index (χ4v) is 3.18. The fourth-order valence-electron chi connectivity index (χ4n) is 1.81. The van der Waals surface area contributed by atoms with Crippen LogP contribution in [0, 0.1) is 0 Å². The third-order valence-electron chi connectivity index (χ3n) is 2.70. The summed E-state index contributed by atoms with van der Waals surface area (Å²) in [6, 6.07) is -0.313. The number of piperidine rings is 1. The van der Waals surface area contributed by atoms with Crippen LogP contribution in [0.4, 0.5) is 5.82 Å². The molecule has 1 aliphatic heterocycles. The molecule has 18 heavy (non-hydrogen) atoms. The zero-order valence-corrected chi connectivity index (χ0v) is 10.7. The van der Waals surface area contributed by atoms with Gasteiger partial charge < -0.3 is 11.1 Å². The van der Waals surface area contributed by atoms with Crippen molar-refractivity contribution in [3.8, 4) is 0 Å². The molecule has 1 amide bonds. The number of aryl methyl sites for hydroxylation is 1.